The smallest absolute Gasteiger partial charge is 0.260 e. The fraction of sp³-hybridized carbons (Fsp3) is 0.208. The van der Waals surface area contributed by atoms with Gasteiger partial charge in [0, 0.05) is 16.6 Å². The molecule has 0 saturated heterocycles. The van der Waals surface area contributed by atoms with Crippen LogP contribution in [0.5, 0.6) is 0 Å². The first-order chi connectivity index (χ1) is 15.3. The van der Waals surface area contributed by atoms with E-state index in [2.05, 4.69) is 41.3 Å². The van der Waals surface area contributed by atoms with Crippen LogP contribution in [0, 0.1) is 5.82 Å². The first-order valence-electron chi connectivity index (χ1n) is 10.2. The summed E-state index contributed by atoms with van der Waals surface area (Å²) in [4.78, 5) is 33.3. The van der Waals surface area contributed by atoms with Gasteiger partial charge in [0.25, 0.3) is 5.56 Å². The van der Waals surface area contributed by atoms with Crippen LogP contribution in [0.3, 0.4) is 0 Å². The van der Waals surface area contributed by atoms with Crippen LogP contribution in [-0.2, 0) is 4.79 Å². The molecule has 2 N–H and O–H groups in total. The van der Waals surface area contributed by atoms with Crippen LogP contribution in [0.2, 0.25) is 0 Å². The molecular formula is C24H22FN3O2S2. The Balaban J connectivity index is 1.54. The van der Waals surface area contributed by atoms with Crippen LogP contribution < -0.4 is 10.9 Å². The molecule has 0 aliphatic heterocycles. The molecule has 0 aliphatic carbocycles. The zero-order chi connectivity index (χ0) is 22.8. The van der Waals surface area contributed by atoms with Gasteiger partial charge in [0.1, 0.15) is 10.6 Å². The molecule has 1 atom stereocenters. The summed E-state index contributed by atoms with van der Waals surface area (Å²) in [5, 5.41) is 5.10. The maximum atomic E-state index is 13.0. The predicted molar refractivity (Wildman–Crippen MR) is 130 cm³/mol. The highest BCUT2D eigenvalue weighted by Gasteiger charge is 2.19. The zero-order valence-electron chi connectivity index (χ0n) is 17.8. The molecule has 0 fully saturated rings. The van der Waals surface area contributed by atoms with E-state index in [1.807, 2.05) is 17.5 Å². The van der Waals surface area contributed by atoms with Gasteiger partial charge in [-0.05, 0) is 48.2 Å². The first-order valence-corrected chi connectivity index (χ1v) is 11.9. The van der Waals surface area contributed by atoms with Crippen molar-refractivity contribution in [2.75, 3.05) is 5.32 Å². The Morgan fingerprint density at radius 3 is 2.44 bits per heavy atom. The molecule has 0 saturated carbocycles. The second kappa shape index (κ2) is 9.26. The number of rotatable bonds is 6. The van der Waals surface area contributed by atoms with Crippen LogP contribution in [0.4, 0.5) is 10.1 Å². The first kappa shape index (κ1) is 22.2. The average Bonchev–Trinajstić information content (AvgIpc) is 3.20. The molecule has 0 bridgehead atoms. The standard InChI is InChI=1S/C24H22FN3O2S2/c1-13(2)15-4-6-16(7-5-15)19-12-31-23-20(19)22(30)27-24(28-23)32-14(3)21(29)26-18-10-8-17(25)9-11-18/h4-14H,1-3H3,(H,26,29)(H,27,28,30). The molecule has 0 spiro atoms. The summed E-state index contributed by atoms with van der Waals surface area (Å²) in [5.41, 5.74) is 3.35. The number of hydrogen-bond donors (Lipinski definition) is 2. The van der Waals surface area contributed by atoms with Crippen LogP contribution in [0.15, 0.2) is 63.9 Å². The van der Waals surface area contributed by atoms with E-state index >= 15 is 0 Å². The van der Waals surface area contributed by atoms with Crippen molar-refractivity contribution in [2.45, 2.75) is 37.1 Å². The normalized spacial score (nSPS) is 12.3. The van der Waals surface area contributed by atoms with Gasteiger partial charge < -0.3 is 10.3 Å². The summed E-state index contributed by atoms with van der Waals surface area (Å²) in [6.07, 6.45) is 0. The number of nitrogens with zero attached hydrogens (tertiary/aromatic N) is 1. The van der Waals surface area contributed by atoms with Crippen molar-refractivity contribution in [3.8, 4) is 11.1 Å². The van der Waals surface area contributed by atoms with Crippen molar-refractivity contribution in [3.63, 3.8) is 0 Å². The summed E-state index contributed by atoms with van der Waals surface area (Å²) in [5.74, 6) is -0.191. The minimum Gasteiger partial charge on any atom is -0.325 e. The lowest BCUT2D eigenvalue weighted by molar-refractivity contribution is -0.115. The average molecular weight is 468 g/mol. The van der Waals surface area contributed by atoms with E-state index < -0.39 is 5.25 Å². The molecule has 5 nitrogen and oxygen atoms in total. The Morgan fingerprint density at radius 2 is 1.78 bits per heavy atom. The van der Waals surface area contributed by atoms with Gasteiger partial charge in [0.2, 0.25) is 5.91 Å². The highest BCUT2D eigenvalue weighted by atomic mass is 32.2. The van der Waals surface area contributed by atoms with E-state index in [1.165, 1.54) is 52.9 Å². The molecule has 1 unspecified atom stereocenters. The third-order valence-electron chi connectivity index (χ3n) is 5.08. The number of benzene rings is 2. The Labute approximate surface area is 193 Å². The summed E-state index contributed by atoms with van der Waals surface area (Å²) in [7, 11) is 0. The van der Waals surface area contributed by atoms with Gasteiger partial charge in [-0.3, -0.25) is 9.59 Å². The number of aromatic amines is 1. The number of thioether (sulfide) groups is 1. The number of H-pyrrole nitrogens is 1. The van der Waals surface area contributed by atoms with Crippen molar-refractivity contribution in [1.29, 1.82) is 0 Å². The number of anilines is 1. The summed E-state index contributed by atoms with van der Waals surface area (Å²) < 4.78 is 13.0. The maximum absolute atomic E-state index is 13.0. The van der Waals surface area contributed by atoms with E-state index in [1.54, 1.807) is 6.92 Å². The zero-order valence-corrected chi connectivity index (χ0v) is 19.4. The lowest BCUT2D eigenvalue weighted by Gasteiger charge is -2.11. The monoisotopic (exact) mass is 467 g/mol. The second-order valence-corrected chi connectivity index (χ2v) is 9.92. The summed E-state index contributed by atoms with van der Waals surface area (Å²) in [6, 6.07) is 13.8. The Kier molecular flexibility index (Phi) is 6.43. The van der Waals surface area contributed by atoms with Crippen LogP contribution in [0.1, 0.15) is 32.3 Å². The fourth-order valence-electron chi connectivity index (χ4n) is 3.24. The predicted octanol–water partition coefficient (Wildman–Crippen LogP) is 6.03. The Morgan fingerprint density at radius 1 is 1.09 bits per heavy atom. The van der Waals surface area contributed by atoms with Crippen molar-refractivity contribution < 1.29 is 9.18 Å². The van der Waals surface area contributed by atoms with Crippen LogP contribution in [-0.4, -0.2) is 21.1 Å². The van der Waals surface area contributed by atoms with E-state index in [9.17, 15) is 14.0 Å². The molecule has 8 heteroatoms. The number of halogens is 1. The summed E-state index contributed by atoms with van der Waals surface area (Å²) >= 11 is 2.57. The topological polar surface area (TPSA) is 74.8 Å². The number of carbonyl (C=O) groups excluding carboxylic acids is 1. The number of aromatic nitrogens is 2. The fourth-order valence-corrected chi connectivity index (χ4v) is 5.05. The third kappa shape index (κ3) is 4.76. The molecule has 4 rings (SSSR count). The number of fused-ring (bicyclic) bond motifs is 1. The van der Waals surface area contributed by atoms with Gasteiger partial charge in [-0.15, -0.1) is 11.3 Å². The number of amides is 1. The van der Waals surface area contributed by atoms with Crippen molar-refractivity contribution in [1.82, 2.24) is 9.97 Å². The molecule has 0 radical (unpaired) electrons. The molecule has 4 aromatic rings. The van der Waals surface area contributed by atoms with Gasteiger partial charge >= 0.3 is 0 Å². The third-order valence-corrected chi connectivity index (χ3v) is 6.94. The molecular weight excluding hydrogens is 445 g/mol. The number of carbonyl (C=O) groups is 1. The van der Waals surface area contributed by atoms with Gasteiger partial charge in [0.05, 0.1) is 10.6 Å². The van der Waals surface area contributed by atoms with Gasteiger partial charge in [0.15, 0.2) is 5.16 Å². The lowest BCUT2D eigenvalue weighted by Crippen LogP contribution is -2.23. The highest BCUT2D eigenvalue weighted by Crippen LogP contribution is 2.33. The molecule has 2 heterocycles. The Bertz CT molecular complexity index is 1310. The van der Waals surface area contributed by atoms with E-state index in [0.717, 1.165) is 11.1 Å². The van der Waals surface area contributed by atoms with Crippen LogP contribution >= 0.6 is 23.1 Å². The van der Waals surface area contributed by atoms with E-state index in [4.69, 9.17) is 0 Å². The molecule has 2 aromatic carbocycles. The van der Waals surface area contributed by atoms with Crippen LogP contribution in [0.25, 0.3) is 21.3 Å². The van der Waals surface area contributed by atoms with E-state index in [0.29, 0.717) is 27.0 Å². The number of nitrogens with one attached hydrogen (secondary N) is 2. The maximum Gasteiger partial charge on any atom is 0.260 e. The molecule has 32 heavy (non-hydrogen) atoms. The van der Waals surface area contributed by atoms with Gasteiger partial charge in [-0.1, -0.05) is 49.9 Å². The van der Waals surface area contributed by atoms with E-state index in [-0.39, 0.29) is 17.3 Å². The van der Waals surface area contributed by atoms with Gasteiger partial charge in [-0.25, -0.2) is 9.37 Å². The summed E-state index contributed by atoms with van der Waals surface area (Å²) in [6.45, 7) is 6.01. The quantitative estimate of drug-likeness (QED) is 0.268. The molecule has 2 aromatic heterocycles. The minimum absolute atomic E-state index is 0.229. The highest BCUT2D eigenvalue weighted by molar-refractivity contribution is 8.00. The number of hydrogen-bond acceptors (Lipinski definition) is 5. The van der Waals surface area contributed by atoms with Crippen molar-refractivity contribution in [3.05, 3.63) is 75.6 Å². The Hall–Kier alpha value is -2.97. The van der Waals surface area contributed by atoms with Crippen molar-refractivity contribution in [2.24, 2.45) is 0 Å². The molecule has 1 amide bonds. The van der Waals surface area contributed by atoms with Gasteiger partial charge in [-0.2, -0.15) is 0 Å². The number of thiophene rings is 1. The molecule has 0 aliphatic rings. The minimum atomic E-state index is -0.510. The van der Waals surface area contributed by atoms with Crippen molar-refractivity contribution >= 4 is 44.9 Å². The largest absolute Gasteiger partial charge is 0.325 e. The molecule has 164 valence electrons. The lowest BCUT2D eigenvalue weighted by atomic mass is 9.99. The SMILES string of the molecule is CC(Sc1nc2scc(-c3ccc(C(C)C)cc3)c2c(=O)[nH]1)C(=O)Nc1ccc(F)cc1. The second-order valence-electron chi connectivity index (χ2n) is 7.73.